The van der Waals surface area contributed by atoms with Gasteiger partial charge in [-0.15, -0.1) is 0 Å². The summed E-state index contributed by atoms with van der Waals surface area (Å²) in [5, 5.41) is 19.1. The largest absolute Gasteiger partial charge is 0.490 e. The van der Waals surface area contributed by atoms with Crippen LogP contribution in [0, 0.1) is 11.3 Å². The van der Waals surface area contributed by atoms with Crippen LogP contribution < -0.4 is 5.32 Å². The molecule has 0 aliphatic carbocycles. The van der Waals surface area contributed by atoms with Gasteiger partial charge in [0, 0.05) is 17.6 Å². The van der Waals surface area contributed by atoms with Crippen LogP contribution in [0.5, 0.6) is 0 Å². The minimum absolute atomic E-state index is 0.687. The van der Waals surface area contributed by atoms with Crippen molar-refractivity contribution in [2.45, 2.75) is 6.18 Å². The van der Waals surface area contributed by atoms with E-state index >= 15 is 0 Å². The van der Waals surface area contributed by atoms with Gasteiger partial charge in [-0.2, -0.15) is 18.4 Å². The molecule has 0 spiro atoms. The second-order valence-corrected chi connectivity index (χ2v) is 4.91. The number of benzene rings is 1. The van der Waals surface area contributed by atoms with Gasteiger partial charge in [0.05, 0.1) is 5.56 Å². The maximum Gasteiger partial charge on any atom is 0.490 e. The number of carboxylic acids is 1. The molecule has 1 aromatic carbocycles. The average molecular weight is 363 g/mol. The first kappa shape index (κ1) is 17.2. The van der Waals surface area contributed by atoms with Crippen molar-refractivity contribution in [2.75, 3.05) is 13.1 Å². The number of hydrogen-bond donors (Lipinski definition) is 2. The number of halogens is 4. The van der Waals surface area contributed by atoms with Crippen LogP contribution in [0.4, 0.5) is 13.2 Å². The summed E-state index contributed by atoms with van der Waals surface area (Å²) in [6, 6.07) is 7.98. The Hall–Kier alpha value is -1.85. The van der Waals surface area contributed by atoms with Gasteiger partial charge in [-0.3, -0.25) is 0 Å². The molecule has 0 amide bonds. The maximum absolute atomic E-state index is 10.6. The van der Waals surface area contributed by atoms with E-state index in [0.717, 1.165) is 23.1 Å². The van der Waals surface area contributed by atoms with E-state index in [0.29, 0.717) is 5.56 Å². The van der Waals surface area contributed by atoms with Crippen molar-refractivity contribution >= 4 is 28.0 Å². The van der Waals surface area contributed by atoms with Gasteiger partial charge in [-0.05, 0) is 39.2 Å². The van der Waals surface area contributed by atoms with Crippen LogP contribution in [0.3, 0.4) is 0 Å². The molecular weight excluding hydrogens is 353 g/mol. The van der Waals surface area contributed by atoms with Crippen LogP contribution in [0.15, 0.2) is 28.2 Å². The molecule has 0 aromatic heterocycles. The first-order chi connectivity index (χ1) is 9.74. The molecule has 4 nitrogen and oxygen atoms in total. The molecule has 0 unspecified atom stereocenters. The van der Waals surface area contributed by atoms with Crippen LogP contribution in [0.1, 0.15) is 11.1 Å². The number of nitrogens with zero attached hydrogens (tertiary/aromatic N) is 1. The predicted molar refractivity (Wildman–Crippen MR) is 73.4 cm³/mol. The highest BCUT2D eigenvalue weighted by molar-refractivity contribution is 9.10. The highest BCUT2D eigenvalue weighted by Crippen LogP contribution is 2.19. The Morgan fingerprint density at radius 2 is 2.00 bits per heavy atom. The normalized spacial score (nSPS) is 13.4. The molecule has 0 radical (unpaired) electrons. The van der Waals surface area contributed by atoms with Gasteiger partial charge in [0.2, 0.25) is 0 Å². The Labute approximate surface area is 127 Å². The van der Waals surface area contributed by atoms with E-state index in [1.165, 1.54) is 5.57 Å². The van der Waals surface area contributed by atoms with Crippen LogP contribution in [0.2, 0.25) is 0 Å². The van der Waals surface area contributed by atoms with Crippen molar-refractivity contribution in [3.05, 3.63) is 39.4 Å². The van der Waals surface area contributed by atoms with E-state index in [-0.39, 0.29) is 0 Å². The van der Waals surface area contributed by atoms with Crippen molar-refractivity contribution in [3.63, 3.8) is 0 Å². The average Bonchev–Trinajstić information content (AvgIpc) is 2.35. The number of carbonyl (C=O) groups is 1. The zero-order valence-corrected chi connectivity index (χ0v) is 12.1. The SMILES string of the molecule is N#Cc1cc(C=C2CNC2)ccc1Br.O=C(O)C(F)(F)F. The monoisotopic (exact) mass is 362 g/mol. The molecule has 0 saturated carbocycles. The highest BCUT2D eigenvalue weighted by atomic mass is 79.9. The maximum atomic E-state index is 10.6. The lowest BCUT2D eigenvalue weighted by Gasteiger charge is -2.18. The summed E-state index contributed by atoms with van der Waals surface area (Å²) < 4.78 is 32.6. The number of aliphatic carboxylic acids is 1. The zero-order chi connectivity index (χ0) is 16.0. The number of carboxylic acid groups (broad SMARTS) is 1. The van der Waals surface area contributed by atoms with Crippen molar-refractivity contribution < 1.29 is 23.1 Å². The first-order valence-electron chi connectivity index (χ1n) is 5.64. The lowest BCUT2D eigenvalue weighted by Crippen LogP contribution is -2.33. The summed E-state index contributed by atoms with van der Waals surface area (Å²) in [4.78, 5) is 8.90. The summed E-state index contributed by atoms with van der Waals surface area (Å²) in [5.74, 6) is -2.76. The minimum Gasteiger partial charge on any atom is -0.475 e. The first-order valence-corrected chi connectivity index (χ1v) is 6.43. The summed E-state index contributed by atoms with van der Waals surface area (Å²) >= 11 is 3.33. The van der Waals surface area contributed by atoms with Crippen LogP contribution in [-0.4, -0.2) is 30.3 Å². The molecule has 1 aromatic rings. The van der Waals surface area contributed by atoms with E-state index < -0.39 is 12.1 Å². The lowest BCUT2D eigenvalue weighted by atomic mass is 10.1. The molecule has 1 aliphatic rings. The Bertz CT molecular complexity index is 600. The van der Waals surface area contributed by atoms with Gasteiger partial charge in [-0.1, -0.05) is 12.1 Å². The van der Waals surface area contributed by atoms with Crippen molar-refractivity contribution in [1.29, 1.82) is 5.26 Å². The van der Waals surface area contributed by atoms with Gasteiger partial charge >= 0.3 is 12.1 Å². The molecule has 2 N–H and O–H groups in total. The molecule has 112 valence electrons. The highest BCUT2D eigenvalue weighted by Gasteiger charge is 2.38. The fraction of sp³-hybridized carbons (Fsp3) is 0.231. The molecular formula is C13H10BrF3N2O2. The molecule has 0 atom stereocenters. The smallest absolute Gasteiger partial charge is 0.475 e. The van der Waals surface area contributed by atoms with Gasteiger partial charge < -0.3 is 10.4 Å². The summed E-state index contributed by atoms with van der Waals surface area (Å²) in [5.41, 5.74) is 3.17. The van der Waals surface area contributed by atoms with Gasteiger partial charge in [0.15, 0.2) is 0 Å². The number of hydrogen-bond acceptors (Lipinski definition) is 3. The van der Waals surface area contributed by atoms with Crippen molar-refractivity contribution in [3.8, 4) is 6.07 Å². The Kier molecular flexibility index (Phi) is 5.93. The Morgan fingerprint density at radius 1 is 1.43 bits per heavy atom. The molecule has 1 heterocycles. The summed E-state index contributed by atoms with van der Waals surface area (Å²) in [6.45, 7) is 1.94. The standard InChI is InChI=1S/C11H9BrN2.C2HF3O2/c12-11-2-1-8(4-10(11)5-13)3-9-6-14-7-9;3-2(4,5)1(6)7/h1-4,14H,6-7H2;(H,6,7). The molecule has 1 aliphatic heterocycles. The Morgan fingerprint density at radius 3 is 2.38 bits per heavy atom. The van der Waals surface area contributed by atoms with Gasteiger partial charge in [0.1, 0.15) is 6.07 Å². The van der Waals surface area contributed by atoms with Crippen molar-refractivity contribution in [1.82, 2.24) is 5.32 Å². The topological polar surface area (TPSA) is 73.1 Å². The van der Waals surface area contributed by atoms with Crippen LogP contribution in [-0.2, 0) is 4.79 Å². The summed E-state index contributed by atoms with van der Waals surface area (Å²) in [7, 11) is 0. The van der Waals surface area contributed by atoms with Crippen molar-refractivity contribution in [2.24, 2.45) is 0 Å². The third-order valence-electron chi connectivity index (χ3n) is 2.43. The fourth-order valence-corrected chi connectivity index (χ4v) is 1.66. The number of alkyl halides is 3. The van der Waals surface area contributed by atoms with E-state index in [4.69, 9.17) is 15.2 Å². The number of nitriles is 1. The van der Waals surface area contributed by atoms with Gasteiger partial charge in [0.25, 0.3) is 0 Å². The minimum atomic E-state index is -5.08. The number of nitrogens with one attached hydrogen (secondary N) is 1. The van der Waals surface area contributed by atoms with Crippen LogP contribution in [0.25, 0.3) is 6.08 Å². The Balaban J connectivity index is 0.000000270. The van der Waals surface area contributed by atoms with Gasteiger partial charge in [-0.25, -0.2) is 4.79 Å². The zero-order valence-electron chi connectivity index (χ0n) is 10.5. The van der Waals surface area contributed by atoms with E-state index in [1.54, 1.807) is 0 Å². The summed E-state index contributed by atoms with van der Waals surface area (Å²) in [6.07, 6.45) is -2.95. The van der Waals surface area contributed by atoms with E-state index in [9.17, 15) is 13.2 Å². The molecule has 0 bridgehead atoms. The fourth-order valence-electron chi connectivity index (χ4n) is 1.33. The van der Waals surface area contributed by atoms with E-state index in [1.807, 2.05) is 18.2 Å². The third kappa shape index (κ3) is 5.57. The van der Waals surface area contributed by atoms with Crippen LogP contribution >= 0.6 is 15.9 Å². The second-order valence-electron chi connectivity index (χ2n) is 4.06. The molecule has 8 heteroatoms. The van der Waals surface area contributed by atoms with E-state index in [2.05, 4.69) is 33.4 Å². The molecule has 2 rings (SSSR count). The number of rotatable bonds is 1. The molecule has 21 heavy (non-hydrogen) atoms. The quantitative estimate of drug-likeness (QED) is 0.805. The third-order valence-corrected chi connectivity index (χ3v) is 3.12. The second kappa shape index (κ2) is 7.24. The molecule has 1 fully saturated rings. The predicted octanol–water partition coefficient (Wildman–Crippen LogP) is 2.94. The lowest BCUT2D eigenvalue weighted by molar-refractivity contribution is -0.192. The molecule has 1 saturated heterocycles.